The van der Waals surface area contributed by atoms with Crippen LogP contribution in [0.5, 0.6) is 0 Å². The van der Waals surface area contributed by atoms with Crippen molar-refractivity contribution in [2.24, 2.45) is 0 Å². The van der Waals surface area contributed by atoms with Gasteiger partial charge in [0.05, 0.1) is 0 Å². The molecule has 1 aliphatic carbocycles. The third-order valence-electron chi connectivity index (χ3n) is 11.5. The predicted octanol–water partition coefficient (Wildman–Crippen LogP) is 15.9. The lowest BCUT2D eigenvalue weighted by atomic mass is 9.95. The fraction of sp³-hybridized carbons (Fsp3) is 0.0877. The highest BCUT2D eigenvalue weighted by atomic mass is 15.2. The second kappa shape index (κ2) is 17.2. The Morgan fingerprint density at radius 3 is 1.87 bits per heavy atom. The molecule has 0 atom stereocenters. The molecule has 0 fully saturated rings. The van der Waals surface area contributed by atoms with Crippen molar-refractivity contribution in [2.45, 2.75) is 33.2 Å². The van der Waals surface area contributed by atoms with Crippen molar-refractivity contribution in [1.29, 1.82) is 0 Å². The minimum atomic E-state index is 0.781. The molecule has 1 aliphatic rings. The molecule has 0 amide bonds. The minimum absolute atomic E-state index is 0.781. The molecule has 0 unspecified atom stereocenters. The normalized spacial score (nSPS) is 12.7. The van der Waals surface area contributed by atoms with Crippen LogP contribution >= 0.6 is 0 Å². The highest BCUT2D eigenvalue weighted by Crippen LogP contribution is 2.41. The van der Waals surface area contributed by atoms with Crippen LogP contribution in [0.1, 0.15) is 24.0 Å². The Labute approximate surface area is 354 Å². The average molecular weight is 776 g/mol. The van der Waals surface area contributed by atoms with Crippen molar-refractivity contribution in [1.82, 2.24) is 4.57 Å². The summed E-state index contributed by atoms with van der Waals surface area (Å²) in [6.07, 6.45) is 19.1. The minimum Gasteiger partial charge on any atom is -0.337 e. The number of hydrogen-bond acceptors (Lipinski definition) is 2. The van der Waals surface area contributed by atoms with Gasteiger partial charge in [0.1, 0.15) is 0 Å². The molecule has 9 rings (SSSR count). The van der Waals surface area contributed by atoms with Gasteiger partial charge in [-0.15, -0.1) is 0 Å². The van der Waals surface area contributed by atoms with Crippen molar-refractivity contribution in [3.63, 3.8) is 0 Å². The van der Waals surface area contributed by atoms with Crippen LogP contribution in [0.15, 0.2) is 225 Å². The largest absolute Gasteiger partial charge is 0.337 e. The van der Waals surface area contributed by atoms with E-state index in [1.54, 1.807) is 6.08 Å². The van der Waals surface area contributed by atoms with Crippen LogP contribution < -0.4 is 9.80 Å². The van der Waals surface area contributed by atoms with Gasteiger partial charge in [0.25, 0.3) is 0 Å². The molecule has 0 bridgehead atoms. The molecule has 292 valence electrons. The van der Waals surface area contributed by atoms with E-state index in [1.165, 1.54) is 60.9 Å². The Morgan fingerprint density at radius 2 is 1.13 bits per heavy atom. The molecule has 7 aromatic carbocycles. The molecule has 0 saturated carbocycles. The number of aromatic nitrogens is 1. The van der Waals surface area contributed by atoms with Crippen molar-refractivity contribution in [3.05, 3.63) is 236 Å². The van der Waals surface area contributed by atoms with Gasteiger partial charge >= 0.3 is 0 Å². The number of rotatable bonds is 12. The molecule has 0 radical (unpaired) electrons. The number of para-hydroxylation sites is 2. The van der Waals surface area contributed by atoms with Crippen LogP contribution in [0, 0.1) is 13.8 Å². The molecule has 0 N–H and O–H groups in total. The first-order valence-corrected chi connectivity index (χ1v) is 20.9. The highest BCUT2D eigenvalue weighted by molar-refractivity contribution is 6.09. The number of benzene rings is 7. The van der Waals surface area contributed by atoms with E-state index in [-0.39, 0.29) is 0 Å². The van der Waals surface area contributed by atoms with E-state index in [0.29, 0.717) is 0 Å². The summed E-state index contributed by atoms with van der Waals surface area (Å²) in [4.78, 5) is 4.75. The maximum absolute atomic E-state index is 3.78. The summed E-state index contributed by atoms with van der Waals surface area (Å²) in [5.41, 5.74) is 16.7. The summed E-state index contributed by atoms with van der Waals surface area (Å²) >= 11 is 0. The lowest BCUT2D eigenvalue weighted by Gasteiger charge is -2.29. The van der Waals surface area contributed by atoms with E-state index in [0.717, 1.165) is 47.8 Å². The number of fused-ring (bicyclic) bond motifs is 3. The van der Waals surface area contributed by atoms with Crippen molar-refractivity contribution in [3.8, 4) is 22.3 Å². The van der Waals surface area contributed by atoms with Crippen LogP contribution in [-0.2, 0) is 6.54 Å². The molecule has 3 heteroatoms. The van der Waals surface area contributed by atoms with Gasteiger partial charge < -0.3 is 14.4 Å². The van der Waals surface area contributed by atoms with Gasteiger partial charge in [0, 0.05) is 62.5 Å². The Kier molecular flexibility index (Phi) is 11.0. The standard InChI is InChI=1S/C57H49N3/c1-4-5-6-7-18-39-58-56-26-17-16-25-53(56)55-41-51(37-38-57(55)58)60(47-22-12-9-13-23-47)49-35-30-45(31-36-49)44-28-33-48(34-29-44)59(46-20-10-8-11-21-46)50-32-27-43(3)54(40-50)52-24-15-14-19-42(52)2/h4-7,9-10,12-38,40-41H,1,8,11,39H2,2-3H3/b6-5-,18-7-. The molecule has 1 aromatic heterocycles. The van der Waals surface area contributed by atoms with Crippen molar-refractivity contribution >= 4 is 50.2 Å². The predicted molar refractivity (Wildman–Crippen MR) is 258 cm³/mol. The number of nitrogens with zero attached hydrogens (tertiary/aromatic N) is 3. The second-order valence-electron chi connectivity index (χ2n) is 15.4. The second-order valence-corrected chi connectivity index (χ2v) is 15.4. The van der Waals surface area contributed by atoms with Crippen LogP contribution in [-0.4, -0.2) is 4.57 Å². The third kappa shape index (κ3) is 7.66. The molecule has 1 heterocycles. The van der Waals surface area contributed by atoms with Crippen LogP contribution in [0.4, 0.5) is 28.4 Å². The smallest absolute Gasteiger partial charge is 0.0495 e. The van der Waals surface area contributed by atoms with Gasteiger partial charge in [0.2, 0.25) is 0 Å². The first-order chi connectivity index (χ1) is 29.6. The molecule has 8 aromatic rings. The average Bonchev–Trinajstić information content (AvgIpc) is 3.61. The monoisotopic (exact) mass is 775 g/mol. The summed E-state index contributed by atoms with van der Waals surface area (Å²) in [5.74, 6) is 0. The van der Waals surface area contributed by atoms with Gasteiger partial charge in [-0.3, -0.25) is 0 Å². The topological polar surface area (TPSA) is 11.4 Å². The van der Waals surface area contributed by atoms with E-state index in [1.807, 2.05) is 12.2 Å². The first-order valence-electron chi connectivity index (χ1n) is 20.9. The zero-order valence-electron chi connectivity index (χ0n) is 34.4. The maximum Gasteiger partial charge on any atom is 0.0495 e. The lowest BCUT2D eigenvalue weighted by Crippen LogP contribution is -2.16. The van der Waals surface area contributed by atoms with E-state index < -0.39 is 0 Å². The van der Waals surface area contributed by atoms with E-state index in [9.17, 15) is 0 Å². The number of aryl methyl sites for hydroxylation is 2. The van der Waals surface area contributed by atoms with Crippen molar-refractivity contribution < 1.29 is 0 Å². The molecule has 0 aliphatic heterocycles. The van der Waals surface area contributed by atoms with Gasteiger partial charge in [-0.1, -0.05) is 140 Å². The van der Waals surface area contributed by atoms with Crippen LogP contribution in [0.25, 0.3) is 44.1 Å². The van der Waals surface area contributed by atoms with E-state index in [4.69, 9.17) is 0 Å². The van der Waals surface area contributed by atoms with Crippen LogP contribution in [0.2, 0.25) is 0 Å². The molecule has 60 heavy (non-hydrogen) atoms. The Balaban J connectivity index is 1.04. The highest BCUT2D eigenvalue weighted by Gasteiger charge is 2.19. The Hall–Kier alpha value is -7.36. The first kappa shape index (κ1) is 38.2. The quantitative estimate of drug-likeness (QED) is 0.115. The van der Waals surface area contributed by atoms with Gasteiger partial charge in [-0.05, 0) is 139 Å². The van der Waals surface area contributed by atoms with Crippen molar-refractivity contribution in [2.75, 3.05) is 9.80 Å². The Bertz CT molecular complexity index is 2920. The zero-order valence-corrected chi connectivity index (χ0v) is 34.4. The maximum atomic E-state index is 3.78. The third-order valence-corrected chi connectivity index (χ3v) is 11.5. The fourth-order valence-electron chi connectivity index (χ4n) is 8.52. The van der Waals surface area contributed by atoms with E-state index >= 15 is 0 Å². The van der Waals surface area contributed by atoms with E-state index in [2.05, 4.69) is 229 Å². The summed E-state index contributed by atoms with van der Waals surface area (Å²) in [6, 6.07) is 59.8. The molecular weight excluding hydrogens is 727 g/mol. The number of hydrogen-bond donors (Lipinski definition) is 0. The van der Waals surface area contributed by atoms with Gasteiger partial charge in [-0.25, -0.2) is 0 Å². The zero-order chi connectivity index (χ0) is 40.8. The fourth-order valence-corrected chi connectivity index (χ4v) is 8.52. The summed E-state index contributed by atoms with van der Waals surface area (Å²) in [6.45, 7) is 8.97. The number of allylic oxidation sites excluding steroid dienone is 8. The lowest BCUT2D eigenvalue weighted by molar-refractivity contribution is 0.899. The molecule has 0 saturated heterocycles. The van der Waals surface area contributed by atoms with Gasteiger partial charge in [0.15, 0.2) is 0 Å². The number of anilines is 5. The molecule has 3 nitrogen and oxygen atoms in total. The summed E-state index contributed by atoms with van der Waals surface area (Å²) in [5, 5.41) is 2.49. The summed E-state index contributed by atoms with van der Waals surface area (Å²) < 4.78 is 2.39. The molecule has 0 spiro atoms. The van der Waals surface area contributed by atoms with Gasteiger partial charge in [-0.2, -0.15) is 0 Å². The Morgan fingerprint density at radius 1 is 0.517 bits per heavy atom. The summed E-state index contributed by atoms with van der Waals surface area (Å²) in [7, 11) is 0. The molecular formula is C57H49N3. The van der Waals surface area contributed by atoms with Crippen LogP contribution in [0.3, 0.4) is 0 Å². The SMILES string of the molecule is C=C/C=C\C=C/Cn1c2ccccc2c2cc(N(c3ccccc3)c3ccc(-c4ccc(N(C5=CCCC=C5)c5ccc(C)c(-c6ccccc6C)c5)cc4)cc3)ccc21.